The van der Waals surface area contributed by atoms with Gasteiger partial charge in [0.05, 0.1) is 0 Å². The van der Waals surface area contributed by atoms with Gasteiger partial charge in [-0.15, -0.1) is 0 Å². The van der Waals surface area contributed by atoms with E-state index in [0.29, 0.717) is 0 Å². The lowest BCUT2D eigenvalue weighted by Gasteiger charge is -2.34. The smallest absolute Gasteiger partial charge is 0.173 e. The quantitative estimate of drug-likeness (QED) is 0.659. The van der Waals surface area contributed by atoms with Crippen LogP contribution in [0.1, 0.15) is 17.3 Å². The van der Waals surface area contributed by atoms with Crippen molar-refractivity contribution in [3.05, 3.63) is 29.8 Å². The molecule has 0 atom stereocenters. The molecule has 1 aromatic rings. The number of likely N-dealkylation sites (N-methyl/N-ethyl adjacent to an activating group) is 1. The SMILES string of the molecule is CC(=O)c1ccc(NC(=S)N2CCN(C)CC2)cc1. The van der Waals surface area contributed by atoms with Gasteiger partial charge >= 0.3 is 0 Å². The standard InChI is InChI=1S/C14H19N3OS/c1-11(18)12-3-5-13(6-4-12)15-14(19)17-9-7-16(2)8-10-17/h3-6H,7-10H2,1-2H3,(H,15,19). The van der Waals surface area contributed by atoms with Crippen molar-refractivity contribution in [2.75, 3.05) is 38.5 Å². The maximum absolute atomic E-state index is 11.2. The summed E-state index contributed by atoms with van der Waals surface area (Å²) in [7, 11) is 2.12. The van der Waals surface area contributed by atoms with E-state index >= 15 is 0 Å². The molecule has 5 heteroatoms. The van der Waals surface area contributed by atoms with Crippen LogP contribution in [0.25, 0.3) is 0 Å². The summed E-state index contributed by atoms with van der Waals surface area (Å²) in [5.41, 5.74) is 1.64. The number of benzene rings is 1. The molecule has 19 heavy (non-hydrogen) atoms. The number of nitrogens with one attached hydrogen (secondary N) is 1. The average Bonchev–Trinajstić information content (AvgIpc) is 2.40. The zero-order valence-electron chi connectivity index (χ0n) is 11.3. The van der Waals surface area contributed by atoms with Crippen LogP contribution < -0.4 is 5.32 Å². The first-order valence-corrected chi connectivity index (χ1v) is 6.82. The number of hydrogen-bond acceptors (Lipinski definition) is 3. The molecule has 0 bridgehead atoms. The number of carbonyl (C=O) groups excluding carboxylic acids is 1. The third-order valence-electron chi connectivity index (χ3n) is 3.33. The number of Topliss-reactive ketones (excluding diaryl/α,β-unsaturated/α-hetero) is 1. The predicted molar refractivity (Wildman–Crippen MR) is 81.7 cm³/mol. The molecule has 0 spiro atoms. The molecular weight excluding hydrogens is 258 g/mol. The topological polar surface area (TPSA) is 35.6 Å². The van der Waals surface area contributed by atoms with E-state index < -0.39 is 0 Å². The first kappa shape index (κ1) is 14.0. The highest BCUT2D eigenvalue weighted by molar-refractivity contribution is 7.80. The molecule has 0 amide bonds. The lowest BCUT2D eigenvalue weighted by atomic mass is 10.1. The van der Waals surface area contributed by atoms with Crippen LogP contribution in [0, 0.1) is 0 Å². The molecule has 0 aromatic heterocycles. The minimum Gasteiger partial charge on any atom is -0.346 e. The van der Waals surface area contributed by atoms with Crippen LogP contribution in [0.5, 0.6) is 0 Å². The molecule has 4 nitrogen and oxygen atoms in total. The molecule has 0 saturated carbocycles. The van der Waals surface area contributed by atoms with E-state index in [2.05, 4.69) is 22.2 Å². The normalized spacial score (nSPS) is 16.2. The summed E-state index contributed by atoms with van der Waals surface area (Å²) in [6.45, 7) is 5.54. The predicted octanol–water partition coefficient (Wildman–Crippen LogP) is 1.83. The second kappa shape index (κ2) is 6.12. The van der Waals surface area contributed by atoms with Crippen molar-refractivity contribution in [1.29, 1.82) is 0 Å². The minimum atomic E-state index is 0.0770. The zero-order valence-corrected chi connectivity index (χ0v) is 12.2. The zero-order chi connectivity index (χ0) is 13.8. The van der Waals surface area contributed by atoms with Gasteiger partial charge in [0.25, 0.3) is 0 Å². The van der Waals surface area contributed by atoms with E-state index in [9.17, 15) is 4.79 Å². The van der Waals surface area contributed by atoms with Gasteiger partial charge in [0.2, 0.25) is 0 Å². The Morgan fingerprint density at radius 3 is 2.26 bits per heavy atom. The van der Waals surface area contributed by atoms with Gasteiger partial charge in [-0.25, -0.2) is 0 Å². The second-order valence-corrected chi connectivity index (χ2v) is 5.24. The van der Waals surface area contributed by atoms with E-state index in [-0.39, 0.29) is 5.78 Å². The Balaban J connectivity index is 1.93. The highest BCUT2D eigenvalue weighted by Crippen LogP contribution is 2.11. The van der Waals surface area contributed by atoms with Crippen molar-refractivity contribution in [2.24, 2.45) is 0 Å². The Labute approximate surface area is 119 Å². The summed E-state index contributed by atoms with van der Waals surface area (Å²) < 4.78 is 0. The fraction of sp³-hybridized carbons (Fsp3) is 0.429. The molecule has 1 saturated heterocycles. The number of carbonyl (C=O) groups is 1. The van der Waals surface area contributed by atoms with Gasteiger partial charge in [-0.2, -0.15) is 0 Å². The number of ketones is 1. The van der Waals surface area contributed by atoms with E-state index in [1.807, 2.05) is 24.3 Å². The Morgan fingerprint density at radius 2 is 1.74 bits per heavy atom. The van der Waals surface area contributed by atoms with Gasteiger partial charge in [0, 0.05) is 37.4 Å². The number of piperazine rings is 1. The molecule has 1 heterocycles. The average molecular weight is 277 g/mol. The summed E-state index contributed by atoms with van der Waals surface area (Å²) in [5, 5.41) is 3.97. The maximum Gasteiger partial charge on any atom is 0.173 e. The molecule has 0 radical (unpaired) electrons. The van der Waals surface area contributed by atoms with Crippen molar-refractivity contribution in [2.45, 2.75) is 6.92 Å². The molecule has 1 aromatic carbocycles. The first-order valence-electron chi connectivity index (χ1n) is 6.42. The van der Waals surface area contributed by atoms with Crippen LogP contribution in [0.2, 0.25) is 0 Å². The third kappa shape index (κ3) is 3.75. The van der Waals surface area contributed by atoms with Crippen molar-refractivity contribution in [3.63, 3.8) is 0 Å². The third-order valence-corrected chi connectivity index (χ3v) is 3.69. The molecule has 0 unspecified atom stereocenters. The highest BCUT2D eigenvalue weighted by Gasteiger charge is 2.16. The summed E-state index contributed by atoms with van der Waals surface area (Å²) in [5.74, 6) is 0.0770. The van der Waals surface area contributed by atoms with Crippen LogP contribution in [0.4, 0.5) is 5.69 Å². The van der Waals surface area contributed by atoms with Crippen molar-refractivity contribution in [3.8, 4) is 0 Å². The molecule has 1 aliphatic rings. The molecular formula is C14H19N3OS. The highest BCUT2D eigenvalue weighted by atomic mass is 32.1. The summed E-state index contributed by atoms with van der Waals surface area (Å²) in [4.78, 5) is 15.7. The fourth-order valence-electron chi connectivity index (χ4n) is 2.00. The van der Waals surface area contributed by atoms with Gasteiger partial charge < -0.3 is 15.1 Å². The van der Waals surface area contributed by atoms with Gasteiger partial charge in [-0.05, 0) is 50.5 Å². The summed E-state index contributed by atoms with van der Waals surface area (Å²) in [6, 6.07) is 7.41. The lowest BCUT2D eigenvalue weighted by molar-refractivity contribution is 0.101. The lowest BCUT2D eigenvalue weighted by Crippen LogP contribution is -2.48. The Kier molecular flexibility index (Phi) is 4.50. The van der Waals surface area contributed by atoms with Gasteiger partial charge in [0.1, 0.15) is 0 Å². The number of thiocarbonyl (C=S) groups is 1. The van der Waals surface area contributed by atoms with Crippen LogP contribution in [-0.2, 0) is 0 Å². The Hall–Kier alpha value is -1.46. The largest absolute Gasteiger partial charge is 0.346 e. The van der Waals surface area contributed by atoms with Crippen molar-refractivity contribution < 1.29 is 4.79 Å². The molecule has 1 fully saturated rings. The number of anilines is 1. The molecule has 0 aliphatic carbocycles. The Morgan fingerprint density at radius 1 is 1.16 bits per heavy atom. The van der Waals surface area contributed by atoms with E-state index in [1.54, 1.807) is 6.92 Å². The van der Waals surface area contributed by atoms with Crippen LogP contribution in [-0.4, -0.2) is 53.9 Å². The van der Waals surface area contributed by atoms with E-state index in [1.165, 1.54) is 0 Å². The van der Waals surface area contributed by atoms with Crippen molar-refractivity contribution >= 4 is 28.8 Å². The first-order chi connectivity index (χ1) is 9.06. The van der Waals surface area contributed by atoms with Crippen LogP contribution in [0.15, 0.2) is 24.3 Å². The molecule has 102 valence electrons. The summed E-state index contributed by atoms with van der Waals surface area (Å²) in [6.07, 6.45) is 0. The maximum atomic E-state index is 11.2. The van der Waals surface area contributed by atoms with Gasteiger partial charge in [0.15, 0.2) is 10.9 Å². The Bertz CT molecular complexity index is 464. The fourth-order valence-corrected chi connectivity index (χ4v) is 2.30. The van der Waals surface area contributed by atoms with E-state index in [0.717, 1.165) is 42.5 Å². The molecule has 2 rings (SSSR count). The van der Waals surface area contributed by atoms with Gasteiger partial charge in [-0.3, -0.25) is 4.79 Å². The second-order valence-electron chi connectivity index (χ2n) is 4.85. The minimum absolute atomic E-state index is 0.0770. The molecule has 1 N–H and O–H groups in total. The van der Waals surface area contributed by atoms with Crippen molar-refractivity contribution in [1.82, 2.24) is 9.80 Å². The van der Waals surface area contributed by atoms with Crippen LogP contribution >= 0.6 is 12.2 Å². The molecule has 1 aliphatic heterocycles. The van der Waals surface area contributed by atoms with E-state index in [4.69, 9.17) is 12.2 Å². The number of rotatable bonds is 2. The summed E-state index contributed by atoms with van der Waals surface area (Å²) >= 11 is 5.41. The van der Waals surface area contributed by atoms with Gasteiger partial charge in [-0.1, -0.05) is 0 Å². The van der Waals surface area contributed by atoms with Crippen LogP contribution in [0.3, 0.4) is 0 Å². The number of nitrogens with zero attached hydrogens (tertiary/aromatic N) is 2. The monoisotopic (exact) mass is 277 g/mol. The number of hydrogen-bond donors (Lipinski definition) is 1.